The number of esters is 1. The maximum Gasteiger partial charge on any atom is 0.308 e. The Kier molecular flexibility index (Phi) is 9.64. The SMILES string of the molecule is CCC(C)C(=O)OC1CC(C)C=C2C=CC(C)C(CCC(O)CC(O)CC(=O)S)C21. The molecule has 0 aliphatic heterocycles. The minimum Gasteiger partial charge on any atom is -0.461 e. The number of carbonyl (C=O) groups is 2. The highest BCUT2D eigenvalue weighted by Crippen LogP contribution is 2.45. The zero-order valence-electron chi connectivity index (χ0n) is 18.7. The highest BCUT2D eigenvalue weighted by atomic mass is 32.1. The second-order valence-electron chi connectivity index (χ2n) is 9.29. The lowest BCUT2D eigenvalue weighted by molar-refractivity contribution is -0.158. The molecule has 5 nitrogen and oxygen atoms in total. The van der Waals surface area contributed by atoms with Crippen LogP contribution in [0.3, 0.4) is 0 Å². The Morgan fingerprint density at radius 3 is 2.60 bits per heavy atom. The lowest BCUT2D eigenvalue weighted by Gasteiger charge is -2.43. The molecule has 8 unspecified atom stereocenters. The molecule has 6 heteroatoms. The van der Waals surface area contributed by atoms with Crippen molar-refractivity contribution < 1.29 is 24.5 Å². The predicted octanol–water partition coefficient (Wildman–Crippen LogP) is 4.09. The summed E-state index contributed by atoms with van der Waals surface area (Å²) in [4.78, 5) is 23.6. The molecule has 0 radical (unpaired) electrons. The summed E-state index contributed by atoms with van der Waals surface area (Å²) < 4.78 is 6.02. The third-order valence-electron chi connectivity index (χ3n) is 6.67. The van der Waals surface area contributed by atoms with Crippen molar-refractivity contribution in [3.63, 3.8) is 0 Å². The van der Waals surface area contributed by atoms with Gasteiger partial charge >= 0.3 is 5.97 Å². The van der Waals surface area contributed by atoms with Gasteiger partial charge in [0.15, 0.2) is 5.12 Å². The van der Waals surface area contributed by atoms with E-state index in [-0.39, 0.29) is 47.8 Å². The van der Waals surface area contributed by atoms with Gasteiger partial charge in [-0.3, -0.25) is 9.59 Å². The molecule has 0 spiro atoms. The van der Waals surface area contributed by atoms with Gasteiger partial charge in [-0.05, 0) is 55.4 Å². The first-order valence-electron chi connectivity index (χ1n) is 11.3. The number of fused-ring (bicyclic) bond motifs is 1. The third kappa shape index (κ3) is 6.96. The average molecular weight is 439 g/mol. The number of allylic oxidation sites excluding steroid dienone is 3. The Morgan fingerprint density at radius 1 is 1.27 bits per heavy atom. The number of hydrogen-bond donors (Lipinski definition) is 3. The average Bonchev–Trinajstić information content (AvgIpc) is 2.65. The fraction of sp³-hybridized carbons (Fsp3) is 0.750. The molecule has 0 fully saturated rings. The molecule has 30 heavy (non-hydrogen) atoms. The topological polar surface area (TPSA) is 83.8 Å². The lowest BCUT2D eigenvalue weighted by atomic mass is 9.65. The van der Waals surface area contributed by atoms with Crippen LogP contribution >= 0.6 is 12.6 Å². The van der Waals surface area contributed by atoms with E-state index in [9.17, 15) is 19.8 Å². The number of ether oxygens (including phenoxy) is 1. The molecule has 0 saturated heterocycles. The van der Waals surface area contributed by atoms with E-state index in [1.54, 1.807) is 0 Å². The van der Waals surface area contributed by atoms with E-state index in [2.05, 4.69) is 44.7 Å². The number of thiol groups is 1. The normalized spacial score (nSPS) is 31.3. The molecule has 0 aromatic rings. The quantitative estimate of drug-likeness (QED) is 0.353. The van der Waals surface area contributed by atoms with E-state index >= 15 is 0 Å². The monoisotopic (exact) mass is 438 g/mol. The van der Waals surface area contributed by atoms with Gasteiger partial charge in [-0.25, -0.2) is 0 Å². The molecule has 2 N–H and O–H groups in total. The summed E-state index contributed by atoms with van der Waals surface area (Å²) >= 11 is 3.69. The molecule has 0 saturated carbocycles. The van der Waals surface area contributed by atoms with Crippen LogP contribution in [0.4, 0.5) is 0 Å². The van der Waals surface area contributed by atoms with Crippen LogP contribution in [0.1, 0.15) is 66.2 Å². The molecular weight excluding hydrogens is 400 g/mol. The van der Waals surface area contributed by atoms with E-state index in [1.165, 1.54) is 5.57 Å². The number of rotatable bonds is 10. The van der Waals surface area contributed by atoms with Crippen LogP contribution in [-0.2, 0) is 14.3 Å². The number of aliphatic hydroxyl groups excluding tert-OH is 2. The van der Waals surface area contributed by atoms with Crippen molar-refractivity contribution in [3.8, 4) is 0 Å². The molecule has 0 bridgehead atoms. The van der Waals surface area contributed by atoms with E-state index in [1.807, 2.05) is 13.8 Å². The summed E-state index contributed by atoms with van der Waals surface area (Å²) in [7, 11) is 0. The van der Waals surface area contributed by atoms with Gasteiger partial charge in [0.2, 0.25) is 0 Å². The minimum atomic E-state index is -0.871. The summed E-state index contributed by atoms with van der Waals surface area (Å²) in [6.45, 7) is 8.22. The highest BCUT2D eigenvalue weighted by molar-refractivity contribution is 7.96. The number of hydrogen-bond acceptors (Lipinski definition) is 5. The van der Waals surface area contributed by atoms with Gasteiger partial charge in [-0.2, -0.15) is 0 Å². The van der Waals surface area contributed by atoms with Gasteiger partial charge < -0.3 is 14.9 Å². The fourth-order valence-electron chi connectivity index (χ4n) is 4.76. The van der Waals surface area contributed by atoms with Crippen LogP contribution in [0.2, 0.25) is 0 Å². The third-order valence-corrected chi connectivity index (χ3v) is 6.85. The summed E-state index contributed by atoms with van der Waals surface area (Å²) in [5.41, 5.74) is 1.23. The van der Waals surface area contributed by atoms with E-state index in [0.29, 0.717) is 18.3 Å². The second-order valence-corrected chi connectivity index (χ2v) is 9.79. The van der Waals surface area contributed by atoms with Crippen molar-refractivity contribution in [2.75, 3.05) is 0 Å². The van der Waals surface area contributed by atoms with Crippen molar-refractivity contribution >= 4 is 23.7 Å². The Balaban J connectivity index is 2.09. The minimum absolute atomic E-state index is 0.0518. The maximum atomic E-state index is 12.5. The molecule has 0 aromatic carbocycles. The molecule has 2 aliphatic rings. The number of aliphatic hydroxyl groups is 2. The van der Waals surface area contributed by atoms with Crippen LogP contribution in [0.5, 0.6) is 0 Å². The molecule has 170 valence electrons. The summed E-state index contributed by atoms with van der Waals surface area (Å²) in [6, 6.07) is 0. The van der Waals surface area contributed by atoms with Crippen molar-refractivity contribution in [3.05, 3.63) is 23.8 Å². The van der Waals surface area contributed by atoms with Gasteiger partial charge in [-0.1, -0.05) is 45.9 Å². The predicted molar refractivity (Wildman–Crippen MR) is 121 cm³/mol. The van der Waals surface area contributed by atoms with E-state index < -0.39 is 12.2 Å². The van der Waals surface area contributed by atoms with Crippen LogP contribution < -0.4 is 0 Å². The second kappa shape index (κ2) is 11.5. The molecule has 0 amide bonds. The van der Waals surface area contributed by atoms with Crippen LogP contribution in [0, 0.1) is 29.6 Å². The molecule has 0 heterocycles. The first-order valence-corrected chi connectivity index (χ1v) is 11.7. The zero-order chi connectivity index (χ0) is 22.4. The van der Waals surface area contributed by atoms with Crippen LogP contribution in [0.25, 0.3) is 0 Å². The Morgan fingerprint density at radius 2 is 1.97 bits per heavy atom. The Labute approximate surface area is 186 Å². The summed E-state index contributed by atoms with van der Waals surface area (Å²) in [5, 5.41) is 19.9. The molecule has 0 aromatic heterocycles. The van der Waals surface area contributed by atoms with Gasteiger partial charge in [0.05, 0.1) is 18.1 Å². The van der Waals surface area contributed by atoms with E-state index in [4.69, 9.17) is 4.74 Å². The Hall–Kier alpha value is -1.11. The van der Waals surface area contributed by atoms with Crippen molar-refractivity contribution in [2.45, 2.75) is 84.5 Å². The zero-order valence-corrected chi connectivity index (χ0v) is 19.6. The standard InChI is InChI=1S/C24H38O5S/c1-5-15(3)24(28)29-21-11-14(2)10-17-7-6-16(4)20(23(17)21)9-8-18(25)12-19(26)13-22(27)30/h6-7,10,14-16,18-21,23,25-26H,5,8-9,11-13H2,1-4H3,(H,27,30). The van der Waals surface area contributed by atoms with Gasteiger partial charge in [0.1, 0.15) is 6.10 Å². The van der Waals surface area contributed by atoms with Crippen LogP contribution in [-0.4, -0.2) is 39.6 Å². The number of carbonyl (C=O) groups excluding carboxylic acids is 2. The largest absolute Gasteiger partial charge is 0.461 e. The van der Waals surface area contributed by atoms with E-state index in [0.717, 1.165) is 19.3 Å². The summed E-state index contributed by atoms with van der Waals surface area (Å²) in [6.07, 6.45) is 7.96. The molecular formula is C24H38O5S. The molecule has 2 rings (SSSR count). The highest BCUT2D eigenvalue weighted by Gasteiger charge is 2.41. The first-order chi connectivity index (χ1) is 14.1. The summed E-state index contributed by atoms with van der Waals surface area (Å²) in [5.74, 6) is 0.803. The van der Waals surface area contributed by atoms with Crippen molar-refractivity contribution in [1.82, 2.24) is 0 Å². The molecule has 8 atom stereocenters. The van der Waals surface area contributed by atoms with Gasteiger partial charge in [0.25, 0.3) is 0 Å². The van der Waals surface area contributed by atoms with Crippen LogP contribution in [0.15, 0.2) is 23.8 Å². The van der Waals surface area contributed by atoms with Gasteiger partial charge in [0, 0.05) is 12.3 Å². The smallest absolute Gasteiger partial charge is 0.308 e. The fourth-order valence-corrected chi connectivity index (χ4v) is 4.97. The first kappa shape index (κ1) is 25.2. The molecule has 2 aliphatic carbocycles. The Bertz CT molecular complexity index is 658. The van der Waals surface area contributed by atoms with Crippen molar-refractivity contribution in [2.24, 2.45) is 29.6 Å². The van der Waals surface area contributed by atoms with Crippen molar-refractivity contribution in [1.29, 1.82) is 0 Å². The lowest BCUT2D eigenvalue weighted by Crippen LogP contribution is -2.41. The maximum absolute atomic E-state index is 12.5. The van der Waals surface area contributed by atoms with Gasteiger partial charge in [-0.15, -0.1) is 12.6 Å².